The summed E-state index contributed by atoms with van der Waals surface area (Å²) in [5.41, 5.74) is -2.32. The molecule has 0 atom stereocenters. The first kappa shape index (κ1) is 17.2. The third-order valence-electron chi connectivity index (χ3n) is 2.78. The second-order valence-corrected chi connectivity index (χ2v) is 4.74. The lowest BCUT2D eigenvalue weighted by atomic mass is 10.1. The Bertz CT molecular complexity index is 787. The number of non-ortho nitro benzene ring substituents is 1. The summed E-state index contributed by atoms with van der Waals surface area (Å²) in [6.07, 6.45) is -6.56. The van der Waals surface area contributed by atoms with E-state index in [0.717, 1.165) is 6.07 Å². The average molecular weight is 366 g/mol. The molecule has 0 unspecified atom stereocenters. The van der Waals surface area contributed by atoms with E-state index in [-0.39, 0.29) is 5.02 Å². The lowest BCUT2D eigenvalue weighted by molar-refractivity contribution is -0.383. The molecule has 1 aromatic heterocycles. The van der Waals surface area contributed by atoms with Crippen LogP contribution in [0.1, 0.15) is 5.82 Å². The van der Waals surface area contributed by atoms with Gasteiger partial charge in [-0.1, -0.05) is 11.6 Å². The average Bonchev–Trinajstić information content (AvgIpc) is 2.79. The standard InChI is InChI=1S/C10H3ClF7N3O2/c11-3-1-4-6(5(2-3)21(22)23)20-7(19-4)8(12,13)9(14,15)10(16,17)18/h1-2H,(H,19,20). The van der Waals surface area contributed by atoms with Gasteiger partial charge in [-0.3, -0.25) is 10.1 Å². The number of halogens is 8. The quantitative estimate of drug-likeness (QED) is 0.497. The maximum absolute atomic E-state index is 13.5. The van der Waals surface area contributed by atoms with Crippen LogP contribution in [0.4, 0.5) is 36.4 Å². The maximum atomic E-state index is 13.5. The van der Waals surface area contributed by atoms with E-state index in [1.165, 1.54) is 4.98 Å². The number of H-pyrrole nitrogens is 1. The number of nitrogens with one attached hydrogen (secondary N) is 1. The smallest absolute Gasteiger partial charge is 0.331 e. The summed E-state index contributed by atoms with van der Waals surface area (Å²) in [5.74, 6) is -14.3. The van der Waals surface area contributed by atoms with E-state index < -0.39 is 45.5 Å². The molecule has 126 valence electrons. The van der Waals surface area contributed by atoms with Gasteiger partial charge in [0.05, 0.1) is 10.4 Å². The van der Waals surface area contributed by atoms with Crippen molar-refractivity contribution < 1.29 is 35.7 Å². The van der Waals surface area contributed by atoms with Crippen molar-refractivity contribution in [3.8, 4) is 0 Å². The van der Waals surface area contributed by atoms with Gasteiger partial charge in [-0.05, 0) is 6.07 Å². The van der Waals surface area contributed by atoms with Crippen molar-refractivity contribution in [2.75, 3.05) is 0 Å². The van der Waals surface area contributed by atoms with Gasteiger partial charge >= 0.3 is 18.0 Å². The second kappa shape index (κ2) is 4.94. The first-order valence-corrected chi connectivity index (χ1v) is 5.83. The molecular weight excluding hydrogens is 363 g/mol. The van der Waals surface area contributed by atoms with Gasteiger partial charge < -0.3 is 4.98 Å². The molecule has 13 heteroatoms. The number of hydrogen-bond acceptors (Lipinski definition) is 3. The van der Waals surface area contributed by atoms with Gasteiger partial charge in [0, 0.05) is 11.1 Å². The Balaban J connectivity index is 2.70. The number of imidazole rings is 1. The molecule has 0 aliphatic rings. The molecule has 1 heterocycles. The number of aromatic amines is 1. The van der Waals surface area contributed by atoms with Gasteiger partial charge in [0.1, 0.15) is 5.52 Å². The Hall–Kier alpha value is -2.11. The van der Waals surface area contributed by atoms with Gasteiger partial charge in [0.25, 0.3) is 5.69 Å². The molecular formula is C10H3ClF7N3O2. The number of alkyl halides is 7. The van der Waals surface area contributed by atoms with E-state index in [9.17, 15) is 40.8 Å². The van der Waals surface area contributed by atoms with Crippen molar-refractivity contribution in [1.29, 1.82) is 0 Å². The fraction of sp³-hybridized carbons (Fsp3) is 0.300. The van der Waals surface area contributed by atoms with Crippen LogP contribution in [0.25, 0.3) is 11.0 Å². The van der Waals surface area contributed by atoms with E-state index in [4.69, 9.17) is 11.6 Å². The van der Waals surface area contributed by atoms with Crippen LogP contribution in [0.2, 0.25) is 5.02 Å². The van der Waals surface area contributed by atoms with E-state index in [1.807, 2.05) is 0 Å². The minimum atomic E-state index is -6.56. The van der Waals surface area contributed by atoms with Crippen LogP contribution in [0.5, 0.6) is 0 Å². The lowest BCUT2D eigenvalue weighted by Gasteiger charge is -2.26. The Kier molecular flexibility index (Phi) is 3.71. The summed E-state index contributed by atoms with van der Waals surface area (Å²) in [5, 5.41) is 10.4. The van der Waals surface area contributed by atoms with Crippen LogP contribution in [0, 0.1) is 10.1 Å². The van der Waals surface area contributed by atoms with Crippen molar-refractivity contribution in [3.05, 3.63) is 33.1 Å². The zero-order valence-electron chi connectivity index (χ0n) is 10.4. The predicted molar refractivity (Wildman–Crippen MR) is 62.7 cm³/mol. The number of nitro groups is 1. The Labute approximate surface area is 126 Å². The molecule has 0 amide bonds. The molecule has 23 heavy (non-hydrogen) atoms. The lowest BCUT2D eigenvalue weighted by Crippen LogP contribution is -2.50. The minimum absolute atomic E-state index is 0.340. The highest BCUT2D eigenvalue weighted by molar-refractivity contribution is 6.31. The van der Waals surface area contributed by atoms with Crippen LogP contribution >= 0.6 is 11.6 Å². The van der Waals surface area contributed by atoms with Crippen molar-refractivity contribution in [3.63, 3.8) is 0 Å². The molecule has 0 saturated heterocycles. The van der Waals surface area contributed by atoms with Crippen molar-refractivity contribution in [2.24, 2.45) is 0 Å². The van der Waals surface area contributed by atoms with Crippen LogP contribution < -0.4 is 0 Å². The van der Waals surface area contributed by atoms with E-state index in [1.54, 1.807) is 0 Å². The summed E-state index contributed by atoms with van der Waals surface area (Å²) >= 11 is 5.48. The molecule has 1 N–H and O–H groups in total. The molecule has 2 rings (SSSR count). The monoisotopic (exact) mass is 365 g/mol. The Morgan fingerprint density at radius 2 is 1.70 bits per heavy atom. The number of benzene rings is 1. The Morgan fingerprint density at radius 1 is 1.13 bits per heavy atom. The highest BCUT2D eigenvalue weighted by Crippen LogP contribution is 2.51. The summed E-state index contributed by atoms with van der Waals surface area (Å²) in [6.45, 7) is 0. The zero-order chi connectivity index (χ0) is 17.8. The minimum Gasteiger partial charge on any atom is -0.331 e. The topological polar surface area (TPSA) is 71.8 Å². The molecule has 0 spiro atoms. The van der Waals surface area contributed by atoms with Crippen LogP contribution in [0.3, 0.4) is 0 Å². The number of nitrogens with zero attached hydrogens (tertiary/aromatic N) is 2. The number of fused-ring (bicyclic) bond motifs is 1. The summed E-state index contributed by atoms with van der Waals surface area (Å²) in [6, 6.07) is 1.50. The third kappa shape index (κ3) is 2.56. The molecule has 0 bridgehead atoms. The van der Waals surface area contributed by atoms with Crippen LogP contribution in [-0.2, 0) is 5.92 Å². The fourth-order valence-electron chi connectivity index (χ4n) is 1.68. The third-order valence-corrected chi connectivity index (χ3v) is 3.00. The molecule has 0 fully saturated rings. The molecule has 0 saturated carbocycles. The van der Waals surface area contributed by atoms with E-state index >= 15 is 0 Å². The normalized spacial score (nSPS) is 13.6. The number of rotatable bonds is 3. The largest absolute Gasteiger partial charge is 0.460 e. The van der Waals surface area contributed by atoms with Crippen LogP contribution in [0.15, 0.2) is 12.1 Å². The maximum Gasteiger partial charge on any atom is 0.460 e. The van der Waals surface area contributed by atoms with Gasteiger partial charge in [-0.25, -0.2) is 4.98 Å². The van der Waals surface area contributed by atoms with Crippen molar-refractivity contribution in [2.45, 2.75) is 18.0 Å². The van der Waals surface area contributed by atoms with Crippen molar-refractivity contribution >= 4 is 28.3 Å². The van der Waals surface area contributed by atoms with Gasteiger partial charge in [0.15, 0.2) is 5.82 Å². The first-order chi connectivity index (χ1) is 10.3. The highest BCUT2D eigenvalue weighted by atomic mass is 35.5. The molecule has 0 aliphatic heterocycles. The van der Waals surface area contributed by atoms with Gasteiger partial charge in [0.2, 0.25) is 0 Å². The predicted octanol–water partition coefficient (Wildman–Crippen LogP) is 4.41. The molecule has 1 aromatic carbocycles. The first-order valence-electron chi connectivity index (χ1n) is 5.45. The summed E-state index contributed by atoms with van der Waals surface area (Å²) < 4.78 is 89.4. The van der Waals surface area contributed by atoms with E-state index in [0.29, 0.717) is 6.07 Å². The molecule has 5 nitrogen and oxygen atoms in total. The molecule has 2 aromatic rings. The number of aromatic nitrogens is 2. The van der Waals surface area contributed by atoms with E-state index in [2.05, 4.69) is 4.98 Å². The van der Waals surface area contributed by atoms with Gasteiger partial charge in [-0.15, -0.1) is 0 Å². The van der Waals surface area contributed by atoms with Crippen LogP contribution in [-0.4, -0.2) is 27.0 Å². The summed E-state index contributed by atoms with van der Waals surface area (Å²) in [7, 11) is 0. The number of nitro benzene ring substituents is 1. The SMILES string of the molecule is O=[N+]([O-])c1cc(Cl)cc2nc(C(F)(F)C(F)(F)C(F)(F)F)[nH]c12. The number of hydrogen-bond donors (Lipinski definition) is 1. The van der Waals surface area contributed by atoms with Crippen molar-refractivity contribution in [1.82, 2.24) is 9.97 Å². The molecule has 0 radical (unpaired) electrons. The Morgan fingerprint density at radius 3 is 2.17 bits per heavy atom. The highest BCUT2D eigenvalue weighted by Gasteiger charge is 2.75. The van der Waals surface area contributed by atoms with Gasteiger partial charge in [-0.2, -0.15) is 30.7 Å². The zero-order valence-corrected chi connectivity index (χ0v) is 11.1. The summed E-state index contributed by atoms with van der Waals surface area (Å²) in [4.78, 5) is 14.0. The molecule has 0 aliphatic carbocycles. The second-order valence-electron chi connectivity index (χ2n) is 4.31. The fourth-order valence-corrected chi connectivity index (χ4v) is 1.89.